The fourth-order valence-electron chi connectivity index (χ4n) is 3.05. The van der Waals surface area contributed by atoms with Crippen LogP contribution in [-0.2, 0) is 11.3 Å². The maximum atomic E-state index is 14.8. The van der Waals surface area contributed by atoms with Crippen molar-refractivity contribution >= 4 is 11.3 Å². The first kappa shape index (κ1) is 16.0. The van der Waals surface area contributed by atoms with E-state index in [2.05, 4.69) is 4.72 Å². The molecule has 3 aromatic carbocycles. The highest BCUT2D eigenvalue weighted by atomic mass is 32.2. The lowest BCUT2D eigenvalue weighted by Crippen LogP contribution is -2.30. The standard InChI is InChI=1S/C20H16FNO2S/c1-13-16-8-5-9-18(20(16)24-25(23)22-13)17-11-10-15(12-19(17)21)14-6-3-2-4-7-14/h2-13,22H,1H3. The minimum Gasteiger partial charge on any atom is -0.388 e. The van der Waals surface area contributed by atoms with Crippen molar-refractivity contribution < 1.29 is 12.8 Å². The summed E-state index contributed by atoms with van der Waals surface area (Å²) < 4.78 is 34.9. The van der Waals surface area contributed by atoms with Crippen LogP contribution in [0, 0.1) is 5.82 Å². The molecule has 0 bridgehead atoms. The Hall–Kier alpha value is -2.50. The zero-order valence-electron chi connectivity index (χ0n) is 13.5. The predicted molar refractivity (Wildman–Crippen MR) is 97.6 cm³/mol. The van der Waals surface area contributed by atoms with Gasteiger partial charge in [0.15, 0.2) is 5.75 Å². The lowest BCUT2D eigenvalue weighted by atomic mass is 9.96. The van der Waals surface area contributed by atoms with E-state index in [1.165, 1.54) is 6.07 Å². The SMILES string of the molecule is CC1NS(=O)Oc2c(-c3ccc(-c4ccccc4)cc3F)cccc21. The molecule has 0 aromatic heterocycles. The Balaban J connectivity index is 1.81. The molecule has 1 aliphatic heterocycles. The zero-order chi connectivity index (χ0) is 17.4. The average Bonchev–Trinajstić information content (AvgIpc) is 2.62. The average molecular weight is 353 g/mol. The molecule has 1 heterocycles. The maximum Gasteiger partial charge on any atom is 0.288 e. The summed E-state index contributed by atoms with van der Waals surface area (Å²) in [5.41, 5.74) is 3.67. The summed E-state index contributed by atoms with van der Waals surface area (Å²) in [5.74, 6) is 0.133. The zero-order valence-corrected chi connectivity index (χ0v) is 14.3. The van der Waals surface area contributed by atoms with Gasteiger partial charge in [-0.15, -0.1) is 0 Å². The topological polar surface area (TPSA) is 38.3 Å². The van der Waals surface area contributed by atoms with Crippen LogP contribution in [0.2, 0.25) is 0 Å². The summed E-state index contributed by atoms with van der Waals surface area (Å²) in [4.78, 5) is 0. The lowest BCUT2D eigenvalue weighted by molar-refractivity contribution is 0.500. The van der Waals surface area contributed by atoms with Gasteiger partial charge in [0, 0.05) is 22.7 Å². The molecule has 3 aromatic rings. The molecule has 0 spiro atoms. The van der Waals surface area contributed by atoms with Gasteiger partial charge in [0.05, 0.1) is 0 Å². The molecular formula is C20H16FNO2S. The molecule has 3 nitrogen and oxygen atoms in total. The fourth-order valence-corrected chi connectivity index (χ4v) is 3.85. The van der Waals surface area contributed by atoms with E-state index in [1.54, 1.807) is 12.1 Å². The monoisotopic (exact) mass is 353 g/mol. The van der Waals surface area contributed by atoms with Crippen molar-refractivity contribution in [1.82, 2.24) is 4.72 Å². The molecule has 0 aliphatic carbocycles. The van der Waals surface area contributed by atoms with Crippen molar-refractivity contribution in [1.29, 1.82) is 0 Å². The van der Waals surface area contributed by atoms with Crippen molar-refractivity contribution in [2.75, 3.05) is 0 Å². The molecule has 126 valence electrons. The molecule has 0 amide bonds. The van der Waals surface area contributed by atoms with Gasteiger partial charge in [-0.05, 0) is 24.1 Å². The molecule has 5 heteroatoms. The maximum absolute atomic E-state index is 14.8. The van der Waals surface area contributed by atoms with Crippen LogP contribution in [0.3, 0.4) is 0 Å². The summed E-state index contributed by atoms with van der Waals surface area (Å²) in [6.45, 7) is 1.90. The minimum absolute atomic E-state index is 0.129. The first-order chi connectivity index (χ1) is 12.1. The Labute approximate surface area is 148 Å². The third-order valence-corrected chi connectivity index (χ3v) is 5.17. The number of rotatable bonds is 2. The second kappa shape index (κ2) is 6.43. The first-order valence-corrected chi connectivity index (χ1v) is 9.05. The van der Waals surface area contributed by atoms with Crippen molar-refractivity contribution in [3.05, 3.63) is 78.1 Å². The van der Waals surface area contributed by atoms with Crippen LogP contribution in [0.5, 0.6) is 5.75 Å². The predicted octanol–water partition coefficient (Wildman–Crippen LogP) is 4.78. The number of halogens is 1. The van der Waals surface area contributed by atoms with Gasteiger partial charge in [-0.3, -0.25) is 0 Å². The van der Waals surface area contributed by atoms with E-state index >= 15 is 0 Å². The van der Waals surface area contributed by atoms with Gasteiger partial charge in [0.1, 0.15) is 5.82 Å². The Morgan fingerprint density at radius 2 is 1.76 bits per heavy atom. The second-order valence-electron chi connectivity index (χ2n) is 5.94. The van der Waals surface area contributed by atoms with Crippen molar-refractivity contribution in [3.8, 4) is 28.0 Å². The minimum atomic E-state index is -1.63. The van der Waals surface area contributed by atoms with Crippen molar-refractivity contribution in [3.63, 3.8) is 0 Å². The van der Waals surface area contributed by atoms with Crippen molar-refractivity contribution in [2.24, 2.45) is 0 Å². The quantitative estimate of drug-likeness (QED) is 0.720. The van der Waals surface area contributed by atoms with Gasteiger partial charge in [0.25, 0.3) is 11.3 Å². The molecular weight excluding hydrogens is 337 g/mol. The summed E-state index contributed by atoms with van der Waals surface area (Å²) in [6, 6.07) is 20.2. The molecule has 1 aliphatic rings. The molecule has 0 saturated heterocycles. The number of hydrogen-bond donors (Lipinski definition) is 1. The van der Waals surface area contributed by atoms with E-state index in [-0.39, 0.29) is 11.9 Å². The van der Waals surface area contributed by atoms with Crippen molar-refractivity contribution in [2.45, 2.75) is 13.0 Å². The third kappa shape index (κ3) is 2.97. The third-order valence-electron chi connectivity index (χ3n) is 4.31. The number of benzene rings is 3. The van der Waals surface area contributed by atoms with E-state index in [0.717, 1.165) is 16.7 Å². The fraction of sp³-hybridized carbons (Fsp3) is 0.100. The summed E-state index contributed by atoms with van der Waals surface area (Å²) in [6.07, 6.45) is 0. The number of nitrogens with one attached hydrogen (secondary N) is 1. The van der Waals surface area contributed by atoms with E-state index < -0.39 is 11.3 Å². The smallest absolute Gasteiger partial charge is 0.288 e. The van der Waals surface area contributed by atoms with Crippen LogP contribution in [0.15, 0.2) is 66.7 Å². The Morgan fingerprint density at radius 1 is 0.960 bits per heavy atom. The van der Waals surface area contributed by atoms with Gasteiger partial charge in [-0.2, -0.15) is 8.93 Å². The molecule has 2 atom stereocenters. The van der Waals surface area contributed by atoms with Crippen LogP contribution in [0.25, 0.3) is 22.3 Å². The van der Waals surface area contributed by atoms with E-state index in [9.17, 15) is 8.60 Å². The van der Waals surface area contributed by atoms with Gasteiger partial charge in [-0.25, -0.2) is 4.39 Å². The molecule has 2 unspecified atom stereocenters. The molecule has 4 rings (SSSR count). The lowest BCUT2D eigenvalue weighted by Gasteiger charge is -2.24. The van der Waals surface area contributed by atoms with Gasteiger partial charge in [-0.1, -0.05) is 60.7 Å². The summed E-state index contributed by atoms with van der Waals surface area (Å²) in [7, 11) is 0. The largest absolute Gasteiger partial charge is 0.388 e. The van der Waals surface area contributed by atoms with Gasteiger partial charge < -0.3 is 4.18 Å². The normalized spacial score (nSPS) is 19.1. The number of fused-ring (bicyclic) bond motifs is 1. The second-order valence-corrected chi connectivity index (χ2v) is 6.81. The molecule has 25 heavy (non-hydrogen) atoms. The van der Waals surface area contributed by atoms with Crippen LogP contribution in [0.1, 0.15) is 18.5 Å². The summed E-state index contributed by atoms with van der Waals surface area (Å²) in [5, 5.41) is 0. The first-order valence-electron chi connectivity index (χ1n) is 7.98. The van der Waals surface area contributed by atoms with Crippen LogP contribution in [-0.4, -0.2) is 4.21 Å². The van der Waals surface area contributed by atoms with Crippen LogP contribution in [0.4, 0.5) is 4.39 Å². The van der Waals surface area contributed by atoms with E-state index in [0.29, 0.717) is 16.9 Å². The van der Waals surface area contributed by atoms with Crippen LogP contribution >= 0.6 is 0 Å². The van der Waals surface area contributed by atoms with Crippen LogP contribution < -0.4 is 8.91 Å². The van der Waals surface area contributed by atoms with E-state index in [1.807, 2.05) is 55.5 Å². The Kier molecular flexibility index (Phi) is 4.11. The van der Waals surface area contributed by atoms with E-state index in [4.69, 9.17) is 4.18 Å². The highest BCUT2D eigenvalue weighted by molar-refractivity contribution is 7.78. The Morgan fingerprint density at radius 3 is 2.52 bits per heavy atom. The summed E-state index contributed by atoms with van der Waals surface area (Å²) >= 11 is -1.63. The highest BCUT2D eigenvalue weighted by Crippen LogP contribution is 2.40. The highest BCUT2D eigenvalue weighted by Gasteiger charge is 2.26. The molecule has 0 radical (unpaired) electrons. The Bertz CT molecular complexity index is 959. The number of para-hydroxylation sites is 1. The number of hydrogen-bond acceptors (Lipinski definition) is 2. The molecule has 0 saturated carbocycles. The van der Waals surface area contributed by atoms with Gasteiger partial charge in [0.2, 0.25) is 0 Å². The van der Waals surface area contributed by atoms with Gasteiger partial charge >= 0.3 is 0 Å². The molecule has 1 N–H and O–H groups in total. The molecule has 0 fully saturated rings.